The second-order valence-electron chi connectivity index (χ2n) is 11.7. The molecule has 41 heavy (non-hydrogen) atoms. The first-order chi connectivity index (χ1) is 19.9. The zero-order valence-corrected chi connectivity index (χ0v) is 25.0. The molecule has 0 radical (unpaired) electrons. The second-order valence-corrected chi connectivity index (χ2v) is 11.7. The van der Waals surface area contributed by atoms with Gasteiger partial charge in [0, 0.05) is 31.6 Å². The van der Waals surface area contributed by atoms with E-state index in [0.717, 1.165) is 63.7 Å². The Balaban J connectivity index is 1.56. The van der Waals surface area contributed by atoms with E-state index < -0.39 is 11.9 Å². The molecule has 2 aliphatic heterocycles. The SMILES string of the molecule is CCCCN(CCCN(C)C)C(=O)CN1C[C@H](c2ccc3c(c2)OCO3)[C@@H](C(=O)O)[C@@H]1CC/C1=C/C=C\C=C/CC1. The number of carbonyl (C=O) groups excluding carboxylic acids is 1. The lowest BCUT2D eigenvalue weighted by atomic mass is 9.83. The molecule has 224 valence electrons. The number of carboxylic acids is 1. The van der Waals surface area contributed by atoms with E-state index in [1.165, 1.54) is 5.57 Å². The van der Waals surface area contributed by atoms with Gasteiger partial charge in [-0.1, -0.05) is 55.4 Å². The van der Waals surface area contributed by atoms with Crippen molar-refractivity contribution in [3.63, 3.8) is 0 Å². The Morgan fingerprint density at radius 3 is 2.63 bits per heavy atom. The summed E-state index contributed by atoms with van der Waals surface area (Å²) in [5.74, 6) is -0.238. The fourth-order valence-electron chi connectivity index (χ4n) is 6.22. The van der Waals surface area contributed by atoms with Crippen molar-refractivity contribution in [1.82, 2.24) is 14.7 Å². The van der Waals surface area contributed by atoms with E-state index in [9.17, 15) is 14.7 Å². The van der Waals surface area contributed by atoms with Crippen molar-refractivity contribution in [3.05, 3.63) is 59.7 Å². The highest BCUT2D eigenvalue weighted by Crippen LogP contribution is 2.43. The van der Waals surface area contributed by atoms with Crippen LogP contribution < -0.4 is 9.47 Å². The van der Waals surface area contributed by atoms with Crippen LogP contribution in [0.2, 0.25) is 0 Å². The van der Waals surface area contributed by atoms with E-state index in [2.05, 4.69) is 41.0 Å². The van der Waals surface area contributed by atoms with Crippen molar-refractivity contribution >= 4 is 11.9 Å². The fraction of sp³-hybridized carbons (Fsp3) is 0.576. The minimum Gasteiger partial charge on any atom is -0.481 e. The number of aliphatic carboxylic acids is 1. The van der Waals surface area contributed by atoms with Gasteiger partial charge in [0.15, 0.2) is 11.5 Å². The molecule has 1 aromatic rings. The van der Waals surface area contributed by atoms with Crippen molar-refractivity contribution in [2.24, 2.45) is 5.92 Å². The summed E-state index contributed by atoms with van der Waals surface area (Å²) in [6.07, 6.45) is 16.9. The number of allylic oxidation sites excluding steroid dienone is 6. The molecule has 3 aliphatic rings. The van der Waals surface area contributed by atoms with E-state index in [4.69, 9.17) is 9.47 Å². The van der Waals surface area contributed by atoms with Gasteiger partial charge in [0.25, 0.3) is 0 Å². The second kappa shape index (κ2) is 15.2. The number of benzene rings is 1. The molecule has 0 bridgehead atoms. The molecule has 1 saturated heterocycles. The zero-order chi connectivity index (χ0) is 29.2. The van der Waals surface area contributed by atoms with Crippen LogP contribution in [0.25, 0.3) is 0 Å². The van der Waals surface area contributed by atoms with Crippen molar-refractivity contribution in [2.45, 2.75) is 63.8 Å². The summed E-state index contributed by atoms with van der Waals surface area (Å²) in [7, 11) is 4.10. The van der Waals surface area contributed by atoms with Crippen LogP contribution in [0.4, 0.5) is 0 Å². The molecule has 0 spiro atoms. The average molecular weight is 566 g/mol. The Bertz CT molecular complexity index is 1130. The number of carboxylic acid groups (broad SMARTS) is 1. The zero-order valence-electron chi connectivity index (χ0n) is 25.0. The predicted molar refractivity (Wildman–Crippen MR) is 161 cm³/mol. The lowest BCUT2D eigenvalue weighted by molar-refractivity contribution is -0.143. The molecule has 8 nitrogen and oxygen atoms in total. The number of unbranched alkanes of at least 4 members (excludes halogenated alkanes) is 1. The van der Waals surface area contributed by atoms with Gasteiger partial charge < -0.3 is 24.4 Å². The molecule has 1 aromatic carbocycles. The minimum atomic E-state index is -0.809. The highest BCUT2D eigenvalue weighted by atomic mass is 16.7. The number of carbonyl (C=O) groups is 2. The number of amides is 1. The third-order valence-corrected chi connectivity index (χ3v) is 8.45. The van der Waals surface area contributed by atoms with Crippen molar-refractivity contribution < 1.29 is 24.2 Å². The maximum atomic E-state index is 13.7. The average Bonchev–Trinajstić information content (AvgIpc) is 3.54. The van der Waals surface area contributed by atoms with Gasteiger partial charge in [0.2, 0.25) is 12.7 Å². The molecule has 8 heteroatoms. The molecule has 1 fully saturated rings. The van der Waals surface area contributed by atoms with Crippen molar-refractivity contribution in [3.8, 4) is 11.5 Å². The summed E-state index contributed by atoms with van der Waals surface area (Å²) in [4.78, 5) is 32.9. The number of hydrogen-bond donors (Lipinski definition) is 1. The highest BCUT2D eigenvalue weighted by Gasteiger charge is 2.47. The molecule has 0 saturated carbocycles. The van der Waals surface area contributed by atoms with Gasteiger partial charge in [-0.2, -0.15) is 0 Å². The quantitative estimate of drug-likeness (QED) is 0.337. The maximum absolute atomic E-state index is 13.7. The van der Waals surface area contributed by atoms with Gasteiger partial charge in [0.1, 0.15) is 0 Å². The monoisotopic (exact) mass is 565 g/mol. The minimum absolute atomic E-state index is 0.0934. The predicted octanol–water partition coefficient (Wildman–Crippen LogP) is 5.08. The van der Waals surface area contributed by atoms with Crippen molar-refractivity contribution in [2.75, 3.05) is 53.6 Å². The number of hydrogen-bond acceptors (Lipinski definition) is 6. The van der Waals surface area contributed by atoms with E-state index >= 15 is 0 Å². The Morgan fingerprint density at radius 2 is 1.85 bits per heavy atom. The molecule has 1 amide bonds. The van der Waals surface area contributed by atoms with Crippen LogP contribution in [0, 0.1) is 5.92 Å². The fourth-order valence-corrected chi connectivity index (χ4v) is 6.22. The van der Waals surface area contributed by atoms with Crippen LogP contribution in [0.15, 0.2) is 54.2 Å². The first-order valence-electron chi connectivity index (χ1n) is 15.2. The van der Waals surface area contributed by atoms with Gasteiger partial charge in [-0.15, -0.1) is 0 Å². The van der Waals surface area contributed by atoms with E-state index in [-0.39, 0.29) is 31.2 Å². The molecule has 1 N–H and O–H groups in total. The lowest BCUT2D eigenvalue weighted by Gasteiger charge is -2.30. The number of rotatable bonds is 14. The number of likely N-dealkylation sites (tertiary alicyclic amines) is 1. The Labute approximate surface area is 245 Å². The molecule has 1 aliphatic carbocycles. The summed E-state index contributed by atoms with van der Waals surface area (Å²) in [5, 5.41) is 10.6. The normalized spacial score (nSPS) is 24.9. The molecular formula is C33H47N3O5. The molecule has 3 atom stereocenters. The Morgan fingerprint density at radius 1 is 1.05 bits per heavy atom. The van der Waals surface area contributed by atoms with Gasteiger partial charge in [-0.25, -0.2) is 0 Å². The topological polar surface area (TPSA) is 82.5 Å². The van der Waals surface area contributed by atoms with Gasteiger partial charge in [-0.3, -0.25) is 14.5 Å². The largest absolute Gasteiger partial charge is 0.481 e. The van der Waals surface area contributed by atoms with E-state index in [1.807, 2.05) is 43.3 Å². The molecular weight excluding hydrogens is 518 g/mol. The smallest absolute Gasteiger partial charge is 0.308 e. The maximum Gasteiger partial charge on any atom is 0.308 e. The number of fused-ring (bicyclic) bond motifs is 1. The van der Waals surface area contributed by atoms with E-state index in [0.29, 0.717) is 24.5 Å². The summed E-state index contributed by atoms with van der Waals surface area (Å²) in [5.41, 5.74) is 2.24. The summed E-state index contributed by atoms with van der Waals surface area (Å²) >= 11 is 0. The number of nitrogens with zero attached hydrogens (tertiary/aromatic N) is 3. The van der Waals surface area contributed by atoms with Crippen LogP contribution in [0.5, 0.6) is 11.5 Å². The molecule has 4 rings (SSSR count). The van der Waals surface area contributed by atoms with Crippen LogP contribution in [-0.2, 0) is 9.59 Å². The third-order valence-electron chi connectivity index (χ3n) is 8.45. The van der Waals surface area contributed by atoms with E-state index in [1.54, 1.807) is 0 Å². The first kappa shape index (κ1) is 30.8. The lowest BCUT2D eigenvalue weighted by Crippen LogP contribution is -2.45. The number of ether oxygens (including phenoxy) is 2. The molecule has 0 unspecified atom stereocenters. The van der Waals surface area contributed by atoms with Crippen LogP contribution in [0.1, 0.15) is 63.4 Å². The van der Waals surface area contributed by atoms with Gasteiger partial charge in [0.05, 0.1) is 12.5 Å². The Hall–Kier alpha value is -3.10. The molecule has 2 heterocycles. The van der Waals surface area contributed by atoms with Crippen molar-refractivity contribution in [1.29, 1.82) is 0 Å². The third kappa shape index (κ3) is 8.46. The molecule has 0 aromatic heterocycles. The Kier molecular flexibility index (Phi) is 11.5. The van der Waals surface area contributed by atoms with Crippen LogP contribution in [-0.4, -0.2) is 91.3 Å². The standard InChI is InChI=1S/C33H47N3O5/c1-4-5-19-35(20-11-18-34(2)3)31(37)23-36-22-27(26-15-17-29-30(21-26)41-24-40-29)32(33(38)39)28(36)16-14-25-12-9-7-6-8-10-13-25/h6-9,12,15,17,21,27-28,32H,4-5,10-11,13-14,16,18-20,22-24H2,1-3H3,(H,38,39)/b8-6-,9-7-,25-12+/t27-,28+,32-/m1/s1. The highest BCUT2D eigenvalue weighted by molar-refractivity contribution is 5.79. The van der Waals surface area contributed by atoms with Gasteiger partial charge >= 0.3 is 5.97 Å². The summed E-state index contributed by atoms with van der Waals surface area (Å²) in [6, 6.07) is 5.51. The first-order valence-corrected chi connectivity index (χ1v) is 15.2. The summed E-state index contributed by atoms with van der Waals surface area (Å²) in [6.45, 7) is 5.46. The summed E-state index contributed by atoms with van der Waals surface area (Å²) < 4.78 is 11.1. The van der Waals surface area contributed by atoms with Crippen LogP contribution in [0.3, 0.4) is 0 Å². The van der Waals surface area contributed by atoms with Gasteiger partial charge in [-0.05, 0) is 76.9 Å². The van der Waals surface area contributed by atoms with Crippen LogP contribution >= 0.6 is 0 Å².